The summed E-state index contributed by atoms with van der Waals surface area (Å²) in [7, 11) is 0. The van der Waals surface area contributed by atoms with Gasteiger partial charge in [0.05, 0.1) is 31.1 Å². The molecule has 4 aromatic rings. The Kier molecular flexibility index (Phi) is 5.72. The maximum atomic E-state index is 5.80. The third kappa shape index (κ3) is 3.77. The first-order valence-corrected chi connectivity index (χ1v) is 9.77. The van der Waals surface area contributed by atoms with Crippen LogP contribution in [0.15, 0.2) is 42.6 Å². The molecular weight excluding hydrogens is 402 g/mol. The lowest BCUT2D eigenvalue weighted by Crippen LogP contribution is -2.36. The Balaban J connectivity index is 0.00000218. The second-order valence-corrected chi connectivity index (χ2v) is 7.20. The molecule has 0 aliphatic carbocycles. The molecule has 3 aromatic heterocycles. The minimum absolute atomic E-state index is 0. The molecule has 0 bridgehead atoms. The Labute approximate surface area is 180 Å². The number of hydrogen-bond acceptors (Lipinski definition) is 6. The van der Waals surface area contributed by atoms with E-state index in [0.717, 1.165) is 47.2 Å². The van der Waals surface area contributed by atoms with Crippen LogP contribution in [0.25, 0.3) is 28.2 Å². The van der Waals surface area contributed by atoms with Crippen molar-refractivity contribution < 1.29 is 4.74 Å². The van der Waals surface area contributed by atoms with E-state index in [2.05, 4.69) is 46.1 Å². The molecule has 5 rings (SSSR count). The van der Waals surface area contributed by atoms with E-state index in [1.807, 2.05) is 18.3 Å². The average Bonchev–Trinajstić information content (AvgIpc) is 3.41. The Morgan fingerprint density at radius 3 is 2.73 bits per heavy atom. The monoisotopic (exact) mass is 425 g/mol. The number of halogens is 1. The maximum absolute atomic E-state index is 5.80. The molecule has 0 saturated carbocycles. The van der Waals surface area contributed by atoms with Gasteiger partial charge in [-0.25, -0.2) is 14.6 Å². The van der Waals surface area contributed by atoms with Gasteiger partial charge in [0.25, 0.3) is 0 Å². The number of aromatic amines is 1. The normalized spacial score (nSPS) is 14.1. The summed E-state index contributed by atoms with van der Waals surface area (Å²) < 4.78 is 7.32. The lowest BCUT2D eigenvalue weighted by Gasteiger charge is -2.29. The Bertz CT molecular complexity index is 1160. The molecule has 0 unspecified atom stereocenters. The fourth-order valence-corrected chi connectivity index (χ4v) is 3.68. The number of imidazole rings is 1. The summed E-state index contributed by atoms with van der Waals surface area (Å²) in [5.74, 6) is 1.45. The minimum Gasteiger partial charge on any atom is -0.378 e. The maximum Gasteiger partial charge on any atom is 0.182 e. The highest BCUT2D eigenvalue weighted by Gasteiger charge is 2.19. The van der Waals surface area contributed by atoms with Gasteiger partial charge in [-0.05, 0) is 19.1 Å². The number of morpholine rings is 1. The van der Waals surface area contributed by atoms with E-state index in [4.69, 9.17) is 20.6 Å². The summed E-state index contributed by atoms with van der Waals surface area (Å²) in [6.45, 7) is 5.48. The van der Waals surface area contributed by atoms with E-state index in [1.54, 1.807) is 4.68 Å². The number of nitrogens with one attached hydrogen (secondary N) is 1. The molecule has 1 aromatic carbocycles. The molecule has 0 radical (unpaired) electrons. The average molecular weight is 426 g/mol. The number of benzene rings is 1. The predicted octanol–water partition coefficient (Wildman–Crippen LogP) is 2.84. The number of H-pyrrole nitrogens is 1. The summed E-state index contributed by atoms with van der Waals surface area (Å²) in [6, 6.07) is 12.4. The molecule has 8 nitrogen and oxygen atoms in total. The topological polar surface area (TPSA) is 97.9 Å². The van der Waals surface area contributed by atoms with Crippen LogP contribution in [0.5, 0.6) is 0 Å². The van der Waals surface area contributed by atoms with E-state index in [9.17, 15) is 0 Å². The first-order valence-electron chi connectivity index (χ1n) is 9.77. The summed E-state index contributed by atoms with van der Waals surface area (Å²) in [6.07, 6.45) is 1.94. The highest BCUT2D eigenvalue weighted by atomic mass is 35.5. The number of hydrogen-bond donors (Lipinski definition) is 2. The number of ether oxygens (including phenoxy) is 1. The molecule has 0 atom stereocenters. The molecule has 9 heteroatoms. The van der Waals surface area contributed by atoms with Crippen LogP contribution in [0.3, 0.4) is 0 Å². The van der Waals surface area contributed by atoms with Crippen LogP contribution in [-0.2, 0) is 11.3 Å². The summed E-state index contributed by atoms with van der Waals surface area (Å²) in [5.41, 5.74) is 11.6. The van der Waals surface area contributed by atoms with Crippen molar-refractivity contribution in [3.63, 3.8) is 0 Å². The molecule has 4 heterocycles. The van der Waals surface area contributed by atoms with Crippen molar-refractivity contribution in [3.05, 3.63) is 54.0 Å². The zero-order valence-electron chi connectivity index (χ0n) is 16.7. The van der Waals surface area contributed by atoms with Gasteiger partial charge >= 0.3 is 0 Å². The van der Waals surface area contributed by atoms with Crippen LogP contribution in [0.2, 0.25) is 0 Å². The van der Waals surface area contributed by atoms with E-state index in [-0.39, 0.29) is 12.4 Å². The van der Waals surface area contributed by atoms with Crippen LogP contribution >= 0.6 is 12.4 Å². The van der Waals surface area contributed by atoms with E-state index in [0.29, 0.717) is 25.4 Å². The molecule has 30 heavy (non-hydrogen) atoms. The molecule has 3 N–H and O–H groups in total. The first-order chi connectivity index (χ1) is 14.2. The van der Waals surface area contributed by atoms with Crippen molar-refractivity contribution in [3.8, 4) is 17.1 Å². The quantitative estimate of drug-likeness (QED) is 0.521. The highest BCUT2D eigenvalue weighted by molar-refractivity contribution is 5.87. The highest BCUT2D eigenvalue weighted by Crippen LogP contribution is 2.28. The van der Waals surface area contributed by atoms with Gasteiger partial charge in [-0.15, -0.1) is 12.4 Å². The number of nitrogens with two attached hydrogens (primary N) is 1. The number of anilines is 1. The fourth-order valence-electron chi connectivity index (χ4n) is 3.68. The molecule has 0 spiro atoms. The molecule has 156 valence electrons. The predicted molar refractivity (Wildman–Crippen MR) is 119 cm³/mol. The lowest BCUT2D eigenvalue weighted by atomic mass is 10.1. The number of rotatable bonds is 4. The summed E-state index contributed by atoms with van der Waals surface area (Å²) >= 11 is 0. The smallest absolute Gasteiger partial charge is 0.182 e. The molecule has 0 amide bonds. The zero-order chi connectivity index (χ0) is 19.8. The summed E-state index contributed by atoms with van der Waals surface area (Å²) in [4.78, 5) is 14.9. The van der Waals surface area contributed by atoms with Crippen LogP contribution in [0, 0.1) is 6.92 Å². The molecular formula is C21H24ClN7O. The van der Waals surface area contributed by atoms with Gasteiger partial charge in [-0.1, -0.05) is 23.8 Å². The third-order valence-corrected chi connectivity index (χ3v) is 5.16. The minimum atomic E-state index is 0. The lowest BCUT2D eigenvalue weighted by molar-refractivity contribution is 0.123. The van der Waals surface area contributed by atoms with E-state index < -0.39 is 0 Å². The van der Waals surface area contributed by atoms with Gasteiger partial charge in [-0.2, -0.15) is 5.10 Å². The first kappa shape index (κ1) is 20.3. The van der Waals surface area contributed by atoms with Crippen LogP contribution in [-0.4, -0.2) is 51.0 Å². The van der Waals surface area contributed by atoms with Crippen LogP contribution < -0.4 is 10.6 Å². The number of fused-ring (bicyclic) bond motifs is 1. The fraction of sp³-hybridized carbons (Fsp3) is 0.286. The largest absolute Gasteiger partial charge is 0.378 e. The van der Waals surface area contributed by atoms with Gasteiger partial charge in [0.15, 0.2) is 11.5 Å². The third-order valence-electron chi connectivity index (χ3n) is 5.16. The van der Waals surface area contributed by atoms with Crippen molar-refractivity contribution in [2.24, 2.45) is 5.73 Å². The molecule has 1 aliphatic heterocycles. The van der Waals surface area contributed by atoms with Crippen molar-refractivity contribution >= 4 is 29.3 Å². The second-order valence-electron chi connectivity index (χ2n) is 7.20. The van der Waals surface area contributed by atoms with Gasteiger partial charge in [-0.3, -0.25) is 0 Å². The molecule has 1 fully saturated rings. The number of aromatic nitrogens is 5. The SMILES string of the molecule is Cc1cccc(-c2ccn(-c3cc(N4CCOCC4)c4[nH]c(CN)nc4n3)n2)c1.Cl. The number of nitrogens with zero attached hydrogens (tertiary/aromatic N) is 5. The number of pyridine rings is 1. The summed E-state index contributed by atoms with van der Waals surface area (Å²) in [5, 5.41) is 4.76. The van der Waals surface area contributed by atoms with E-state index >= 15 is 0 Å². The standard InChI is InChI=1S/C21H23N7O.ClH/c1-14-3-2-4-15(11-14)16-5-6-28(26-16)19-12-17(27-7-9-29-10-8-27)20-21(25-19)24-18(13-22)23-20;/h2-6,11-12H,7-10,13,22H2,1H3,(H,23,24,25);1H. The van der Waals surface area contributed by atoms with Crippen molar-refractivity contribution in [2.45, 2.75) is 13.5 Å². The Morgan fingerprint density at radius 2 is 1.97 bits per heavy atom. The van der Waals surface area contributed by atoms with Gasteiger partial charge < -0.3 is 20.4 Å². The van der Waals surface area contributed by atoms with Gasteiger partial charge in [0.2, 0.25) is 0 Å². The van der Waals surface area contributed by atoms with Crippen molar-refractivity contribution in [1.29, 1.82) is 0 Å². The Morgan fingerprint density at radius 1 is 1.13 bits per heavy atom. The Hall–Kier alpha value is -2.94. The number of aryl methyl sites for hydroxylation is 1. The zero-order valence-corrected chi connectivity index (χ0v) is 17.5. The molecule has 1 aliphatic rings. The molecule has 1 saturated heterocycles. The van der Waals surface area contributed by atoms with Gasteiger partial charge in [0.1, 0.15) is 11.3 Å². The van der Waals surface area contributed by atoms with Crippen molar-refractivity contribution in [1.82, 2.24) is 24.7 Å². The van der Waals surface area contributed by atoms with Crippen LogP contribution in [0.4, 0.5) is 5.69 Å². The van der Waals surface area contributed by atoms with Gasteiger partial charge in [0, 0.05) is 30.9 Å². The second kappa shape index (κ2) is 8.43. The van der Waals surface area contributed by atoms with E-state index in [1.165, 1.54) is 5.56 Å². The van der Waals surface area contributed by atoms with Crippen molar-refractivity contribution in [2.75, 3.05) is 31.2 Å². The van der Waals surface area contributed by atoms with Crippen LogP contribution in [0.1, 0.15) is 11.4 Å².